The van der Waals surface area contributed by atoms with Gasteiger partial charge < -0.3 is 9.64 Å². The number of esters is 1. The highest BCUT2D eigenvalue weighted by molar-refractivity contribution is 5.81. The molecule has 0 unspecified atom stereocenters. The molecule has 0 rings (SSSR count). The molecule has 0 saturated carbocycles. The minimum atomic E-state index is -0.238. The summed E-state index contributed by atoms with van der Waals surface area (Å²) in [4.78, 5) is 13.5. The van der Waals surface area contributed by atoms with Crippen LogP contribution in [0, 0.1) is 5.92 Å². The lowest BCUT2D eigenvalue weighted by atomic mass is 10.2. The van der Waals surface area contributed by atoms with Crippen molar-refractivity contribution in [3.63, 3.8) is 0 Å². The van der Waals surface area contributed by atoms with Crippen LogP contribution in [-0.4, -0.2) is 37.1 Å². The number of carbonyl (C=O) groups is 1. The molecule has 0 saturated heterocycles. The van der Waals surface area contributed by atoms with Crippen LogP contribution >= 0.6 is 0 Å². The average Bonchev–Trinajstić information content (AvgIpc) is 2.24. The van der Waals surface area contributed by atoms with E-state index in [1.54, 1.807) is 6.08 Å². The van der Waals surface area contributed by atoms with Gasteiger partial charge in [0.2, 0.25) is 0 Å². The smallest absolute Gasteiger partial charge is 0.330 e. The zero-order chi connectivity index (χ0) is 13.1. The highest BCUT2D eigenvalue weighted by Gasteiger charge is 2.06. The van der Waals surface area contributed by atoms with E-state index in [9.17, 15) is 4.79 Å². The van der Waals surface area contributed by atoms with Gasteiger partial charge in [0.05, 0.1) is 6.61 Å². The lowest BCUT2D eigenvalue weighted by Gasteiger charge is -2.23. The first-order chi connectivity index (χ1) is 8.10. The molecule has 0 bridgehead atoms. The zero-order valence-electron chi connectivity index (χ0n) is 11.7. The molecular formula is C14H27NO2. The summed E-state index contributed by atoms with van der Waals surface area (Å²) >= 11 is 0. The van der Waals surface area contributed by atoms with Gasteiger partial charge in [-0.2, -0.15) is 0 Å². The number of hydrogen-bond donors (Lipinski definition) is 0. The van der Waals surface area contributed by atoms with Gasteiger partial charge in [0.15, 0.2) is 0 Å². The SMILES string of the molecule is C/C=C\C(=O)OCCCN(CCC)CC(C)C. The van der Waals surface area contributed by atoms with Crippen LogP contribution in [0.4, 0.5) is 0 Å². The largest absolute Gasteiger partial charge is 0.462 e. The van der Waals surface area contributed by atoms with Crippen molar-refractivity contribution >= 4 is 5.97 Å². The van der Waals surface area contributed by atoms with Gasteiger partial charge in [-0.15, -0.1) is 0 Å². The molecule has 0 N–H and O–H groups in total. The lowest BCUT2D eigenvalue weighted by molar-refractivity contribution is -0.137. The molecule has 0 amide bonds. The molecule has 0 radical (unpaired) electrons. The summed E-state index contributed by atoms with van der Waals surface area (Å²) in [5, 5.41) is 0. The molecule has 0 aromatic carbocycles. The van der Waals surface area contributed by atoms with Crippen LogP contribution in [0.15, 0.2) is 12.2 Å². The van der Waals surface area contributed by atoms with Crippen LogP contribution in [0.3, 0.4) is 0 Å². The summed E-state index contributed by atoms with van der Waals surface area (Å²) in [5.74, 6) is 0.450. The molecule has 0 heterocycles. The molecule has 3 nitrogen and oxygen atoms in total. The van der Waals surface area contributed by atoms with Gasteiger partial charge in [-0.05, 0) is 32.2 Å². The minimum absolute atomic E-state index is 0.238. The van der Waals surface area contributed by atoms with Gasteiger partial charge in [0.1, 0.15) is 0 Å². The fourth-order valence-electron chi connectivity index (χ4n) is 1.77. The molecule has 0 aromatic rings. The second kappa shape index (κ2) is 10.3. The molecule has 17 heavy (non-hydrogen) atoms. The van der Waals surface area contributed by atoms with E-state index in [4.69, 9.17) is 4.74 Å². The minimum Gasteiger partial charge on any atom is -0.462 e. The molecule has 0 fully saturated rings. The Morgan fingerprint density at radius 2 is 2.06 bits per heavy atom. The maximum atomic E-state index is 11.1. The molecule has 100 valence electrons. The fourth-order valence-corrected chi connectivity index (χ4v) is 1.77. The first kappa shape index (κ1) is 16.2. The summed E-state index contributed by atoms with van der Waals surface area (Å²) in [6.07, 6.45) is 5.24. The predicted octanol–water partition coefficient (Wildman–Crippen LogP) is 2.86. The monoisotopic (exact) mass is 241 g/mol. The van der Waals surface area contributed by atoms with E-state index in [1.807, 2.05) is 6.92 Å². The topological polar surface area (TPSA) is 29.5 Å². The van der Waals surface area contributed by atoms with Crippen LogP contribution < -0.4 is 0 Å². The average molecular weight is 241 g/mol. The number of ether oxygens (including phenoxy) is 1. The number of rotatable bonds is 9. The van der Waals surface area contributed by atoms with Crippen molar-refractivity contribution in [3.05, 3.63) is 12.2 Å². The number of allylic oxidation sites excluding steroid dienone is 1. The van der Waals surface area contributed by atoms with Gasteiger partial charge in [0.25, 0.3) is 0 Å². The maximum Gasteiger partial charge on any atom is 0.330 e. The third kappa shape index (κ3) is 10.1. The van der Waals surface area contributed by atoms with Crippen molar-refractivity contribution < 1.29 is 9.53 Å². The number of carbonyl (C=O) groups excluding carboxylic acids is 1. The normalized spacial score (nSPS) is 11.6. The number of hydrogen-bond acceptors (Lipinski definition) is 3. The van der Waals surface area contributed by atoms with Crippen molar-refractivity contribution in [3.8, 4) is 0 Å². The second-order valence-corrected chi connectivity index (χ2v) is 4.72. The molecule has 0 aliphatic carbocycles. The van der Waals surface area contributed by atoms with E-state index in [2.05, 4.69) is 25.7 Å². The summed E-state index contributed by atoms with van der Waals surface area (Å²) in [7, 11) is 0. The van der Waals surface area contributed by atoms with E-state index in [1.165, 1.54) is 12.5 Å². The molecule has 0 aliphatic rings. The van der Waals surface area contributed by atoms with Crippen LogP contribution in [0.5, 0.6) is 0 Å². The molecular weight excluding hydrogens is 214 g/mol. The van der Waals surface area contributed by atoms with E-state index >= 15 is 0 Å². The predicted molar refractivity (Wildman–Crippen MR) is 72.0 cm³/mol. The molecule has 3 heteroatoms. The van der Waals surface area contributed by atoms with Crippen molar-refractivity contribution in [2.45, 2.75) is 40.5 Å². The Hall–Kier alpha value is -0.830. The van der Waals surface area contributed by atoms with Crippen molar-refractivity contribution in [1.29, 1.82) is 0 Å². The molecule has 0 aromatic heterocycles. The summed E-state index contributed by atoms with van der Waals surface area (Å²) in [6.45, 7) is 12.2. The third-order valence-electron chi connectivity index (χ3n) is 2.33. The van der Waals surface area contributed by atoms with Crippen molar-refractivity contribution in [2.75, 3.05) is 26.2 Å². The highest BCUT2D eigenvalue weighted by Crippen LogP contribution is 2.01. The zero-order valence-corrected chi connectivity index (χ0v) is 11.7. The Bertz CT molecular complexity index is 224. The molecule has 0 atom stereocenters. The maximum absolute atomic E-state index is 11.1. The van der Waals surface area contributed by atoms with E-state index in [-0.39, 0.29) is 5.97 Å². The van der Waals surface area contributed by atoms with Crippen molar-refractivity contribution in [1.82, 2.24) is 4.90 Å². The van der Waals surface area contributed by atoms with Crippen LogP contribution in [0.25, 0.3) is 0 Å². The highest BCUT2D eigenvalue weighted by atomic mass is 16.5. The second-order valence-electron chi connectivity index (χ2n) is 4.72. The Labute approximate surface area is 106 Å². The Balaban J connectivity index is 3.70. The quantitative estimate of drug-likeness (QED) is 0.353. The third-order valence-corrected chi connectivity index (χ3v) is 2.33. The van der Waals surface area contributed by atoms with Crippen LogP contribution in [0.2, 0.25) is 0 Å². The van der Waals surface area contributed by atoms with Crippen LogP contribution in [-0.2, 0) is 9.53 Å². The Kier molecular flexibility index (Phi) is 9.83. The van der Waals surface area contributed by atoms with Gasteiger partial charge in [-0.1, -0.05) is 26.8 Å². The fraction of sp³-hybridized carbons (Fsp3) is 0.786. The van der Waals surface area contributed by atoms with Gasteiger partial charge in [-0.3, -0.25) is 0 Å². The lowest BCUT2D eigenvalue weighted by Crippen LogP contribution is -2.30. The van der Waals surface area contributed by atoms with E-state index in [0.717, 1.165) is 26.1 Å². The summed E-state index contributed by atoms with van der Waals surface area (Å²) in [5.41, 5.74) is 0. The Morgan fingerprint density at radius 3 is 2.59 bits per heavy atom. The standard InChI is InChI=1S/C14H27NO2/c1-5-8-14(16)17-11-7-10-15(9-6-2)12-13(3)4/h5,8,13H,6-7,9-12H2,1-4H3/b8-5-. The van der Waals surface area contributed by atoms with Gasteiger partial charge >= 0.3 is 5.97 Å². The van der Waals surface area contributed by atoms with Gasteiger partial charge in [0, 0.05) is 19.2 Å². The van der Waals surface area contributed by atoms with Gasteiger partial charge in [-0.25, -0.2) is 4.79 Å². The molecule has 0 aliphatic heterocycles. The van der Waals surface area contributed by atoms with Crippen LogP contribution in [0.1, 0.15) is 40.5 Å². The first-order valence-corrected chi connectivity index (χ1v) is 6.62. The Morgan fingerprint density at radius 1 is 1.35 bits per heavy atom. The first-order valence-electron chi connectivity index (χ1n) is 6.62. The van der Waals surface area contributed by atoms with Crippen molar-refractivity contribution in [2.24, 2.45) is 5.92 Å². The summed E-state index contributed by atoms with van der Waals surface area (Å²) < 4.78 is 5.06. The van der Waals surface area contributed by atoms with E-state index in [0.29, 0.717) is 12.5 Å². The van der Waals surface area contributed by atoms with E-state index < -0.39 is 0 Å². The summed E-state index contributed by atoms with van der Waals surface area (Å²) in [6, 6.07) is 0. The molecule has 0 spiro atoms. The number of nitrogens with zero attached hydrogens (tertiary/aromatic N) is 1.